The third-order valence-corrected chi connectivity index (χ3v) is 4.76. The van der Waals surface area contributed by atoms with Gasteiger partial charge in [0.1, 0.15) is 0 Å². The first-order valence-electron chi connectivity index (χ1n) is 10.2. The molecule has 0 unspecified atom stereocenters. The van der Waals surface area contributed by atoms with E-state index in [1.807, 2.05) is 43.3 Å². The van der Waals surface area contributed by atoms with Crippen LogP contribution in [0.25, 0.3) is 11.4 Å². The fourth-order valence-electron chi connectivity index (χ4n) is 3.05. The first kappa shape index (κ1) is 21.0. The number of anilines is 1. The van der Waals surface area contributed by atoms with E-state index in [9.17, 15) is 9.59 Å². The van der Waals surface area contributed by atoms with E-state index in [2.05, 4.69) is 20.8 Å². The molecule has 2 heterocycles. The Morgan fingerprint density at radius 3 is 2.66 bits per heavy atom. The molecular weight excluding hydrogens is 408 g/mol. The summed E-state index contributed by atoms with van der Waals surface area (Å²) in [6.07, 6.45) is 2.02. The second kappa shape index (κ2) is 9.74. The van der Waals surface area contributed by atoms with Crippen molar-refractivity contribution in [2.45, 2.75) is 26.3 Å². The minimum atomic E-state index is -0.333. The normalized spacial score (nSPS) is 10.7. The van der Waals surface area contributed by atoms with E-state index in [1.165, 1.54) is 6.26 Å². The smallest absolute Gasteiger partial charge is 0.291 e. The SMILES string of the molecule is Cc1ccc(-c2noc(CCC(=O)NCc3cccc(NC(=O)c4ccco4)c3)n2)cc1. The summed E-state index contributed by atoms with van der Waals surface area (Å²) in [5.41, 5.74) is 3.50. The zero-order chi connectivity index (χ0) is 22.3. The van der Waals surface area contributed by atoms with Gasteiger partial charge >= 0.3 is 0 Å². The summed E-state index contributed by atoms with van der Waals surface area (Å²) in [5.74, 6) is 0.688. The van der Waals surface area contributed by atoms with Crippen LogP contribution in [0.5, 0.6) is 0 Å². The molecule has 2 aromatic carbocycles. The van der Waals surface area contributed by atoms with Gasteiger partial charge in [-0.1, -0.05) is 47.1 Å². The molecule has 8 heteroatoms. The number of nitrogens with zero attached hydrogens (tertiary/aromatic N) is 2. The lowest BCUT2D eigenvalue weighted by Crippen LogP contribution is -2.23. The highest BCUT2D eigenvalue weighted by Crippen LogP contribution is 2.17. The molecule has 0 aliphatic heterocycles. The van der Waals surface area contributed by atoms with Crippen LogP contribution in [-0.4, -0.2) is 22.0 Å². The van der Waals surface area contributed by atoms with Crippen LogP contribution in [0.4, 0.5) is 5.69 Å². The topological polar surface area (TPSA) is 110 Å². The van der Waals surface area contributed by atoms with Gasteiger partial charge in [0.25, 0.3) is 5.91 Å². The number of amides is 2. The van der Waals surface area contributed by atoms with Crippen LogP contribution < -0.4 is 10.6 Å². The summed E-state index contributed by atoms with van der Waals surface area (Å²) in [5, 5.41) is 9.61. The highest BCUT2D eigenvalue weighted by molar-refractivity contribution is 6.02. The minimum absolute atomic E-state index is 0.134. The molecule has 2 amide bonds. The van der Waals surface area contributed by atoms with E-state index >= 15 is 0 Å². The van der Waals surface area contributed by atoms with Crippen molar-refractivity contribution in [1.29, 1.82) is 0 Å². The first-order chi connectivity index (χ1) is 15.6. The fraction of sp³-hybridized carbons (Fsp3) is 0.167. The number of nitrogens with one attached hydrogen (secondary N) is 2. The Kier molecular flexibility index (Phi) is 6.41. The van der Waals surface area contributed by atoms with Crippen LogP contribution in [0.3, 0.4) is 0 Å². The molecule has 0 saturated carbocycles. The maximum Gasteiger partial charge on any atom is 0.291 e. The zero-order valence-corrected chi connectivity index (χ0v) is 17.5. The van der Waals surface area contributed by atoms with Crippen LogP contribution in [0.1, 0.15) is 34.0 Å². The van der Waals surface area contributed by atoms with Crippen molar-refractivity contribution in [1.82, 2.24) is 15.5 Å². The second-order valence-corrected chi connectivity index (χ2v) is 7.29. The fourth-order valence-corrected chi connectivity index (χ4v) is 3.05. The molecule has 8 nitrogen and oxygen atoms in total. The Bertz CT molecular complexity index is 1200. The van der Waals surface area contributed by atoms with Gasteiger partial charge in [0.05, 0.1) is 6.26 Å². The largest absolute Gasteiger partial charge is 0.459 e. The van der Waals surface area contributed by atoms with Crippen LogP contribution >= 0.6 is 0 Å². The second-order valence-electron chi connectivity index (χ2n) is 7.29. The van der Waals surface area contributed by atoms with Crippen molar-refractivity contribution in [3.05, 3.63) is 89.7 Å². The number of carbonyl (C=O) groups is 2. The standard InChI is InChI=1S/C24H22N4O4/c1-16-7-9-18(10-8-16)23-27-22(32-28-23)12-11-21(29)25-15-17-4-2-5-19(14-17)26-24(30)20-6-3-13-31-20/h2-10,13-14H,11-12,15H2,1H3,(H,25,29)(H,26,30). The summed E-state index contributed by atoms with van der Waals surface area (Å²) < 4.78 is 10.3. The van der Waals surface area contributed by atoms with Crippen molar-refractivity contribution < 1.29 is 18.5 Å². The van der Waals surface area contributed by atoms with Gasteiger partial charge in [-0.05, 0) is 36.8 Å². The molecule has 0 atom stereocenters. The highest BCUT2D eigenvalue weighted by atomic mass is 16.5. The lowest BCUT2D eigenvalue weighted by Gasteiger charge is -2.08. The number of aryl methyl sites for hydroxylation is 2. The van der Waals surface area contributed by atoms with Gasteiger partial charge in [0.15, 0.2) is 5.76 Å². The third-order valence-electron chi connectivity index (χ3n) is 4.76. The van der Waals surface area contributed by atoms with Gasteiger partial charge in [-0.15, -0.1) is 0 Å². The quantitative estimate of drug-likeness (QED) is 0.435. The summed E-state index contributed by atoms with van der Waals surface area (Å²) in [6, 6.07) is 18.3. The predicted molar refractivity (Wildman–Crippen MR) is 118 cm³/mol. The number of furan rings is 1. The average Bonchev–Trinajstić information content (AvgIpc) is 3.50. The molecule has 0 fully saturated rings. The van der Waals surface area contributed by atoms with E-state index in [4.69, 9.17) is 8.94 Å². The third kappa shape index (κ3) is 5.48. The lowest BCUT2D eigenvalue weighted by atomic mass is 10.1. The molecule has 4 aromatic rings. The molecule has 4 rings (SSSR count). The molecule has 2 N–H and O–H groups in total. The Morgan fingerprint density at radius 2 is 1.88 bits per heavy atom. The van der Waals surface area contributed by atoms with Crippen molar-refractivity contribution in [2.75, 3.05) is 5.32 Å². The van der Waals surface area contributed by atoms with Gasteiger partial charge in [-0.3, -0.25) is 9.59 Å². The number of rotatable bonds is 8. The number of carbonyl (C=O) groups excluding carboxylic acids is 2. The van der Waals surface area contributed by atoms with Gasteiger partial charge in [-0.2, -0.15) is 4.98 Å². The number of benzene rings is 2. The first-order valence-corrected chi connectivity index (χ1v) is 10.2. The van der Waals surface area contributed by atoms with Crippen LogP contribution in [0.15, 0.2) is 75.9 Å². The number of aromatic nitrogens is 2. The van der Waals surface area contributed by atoms with Gasteiger partial charge in [0, 0.05) is 30.6 Å². The molecule has 32 heavy (non-hydrogen) atoms. The van der Waals surface area contributed by atoms with Crippen molar-refractivity contribution in [2.24, 2.45) is 0 Å². The molecule has 162 valence electrons. The van der Waals surface area contributed by atoms with E-state index in [1.54, 1.807) is 24.3 Å². The molecule has 2 aromatic heterocycles. The maximum atomic E-state index is 12.2. The minimum Gasteiger partial charge on any atom is -0.459 e. The van der Waals surface area contributed by atoms with Gasteiger partial charge in [0.2, 0.25) is 17.6 Å². The van der Waals surface area contributed by atoms with E-state index in [0.717, 1.165) is 16.7 Å². The summed E-state index contributed by atoms with van der Waals surface area (Å²) >= 11 is 0. The van der Waals surface area contributed by atoms with Crippen LogP contribution in [0.2, 0.25) is 0 Å². The van der Waals surface area contributed by atoms with Gasteiger partial charge in [-0.25, -0.2) is 0 Å². The Balaban J connectivity index is 1.25. The van der Waals surface area contributed by atoms with Crippen LogP contribution in [0, 0.1) is 6.92 Å². The molecule has 0 radical (unpaired) electrons. The van der Waals surface area contributed by atoms with E-state index in [-0.39, 0.29) is 24.0 Å². The Hall–Kier alpha value is -4.20. The monoisotopic (exact) mass is 430 g/mol. The molecule has 0 aliphatic carbocycles. The number of hydrogen-bond acceptors (Lipinski definition) is 6. The Morgan fingerprint density at radius 1 is 1.03 bits per heavy atom. The maximum absolute atomic E-state index is 12.2. The lowest BCUT2D eigenvalue weighted by molar-refractivity contribution is -0.121. The average molecular weight is 430 g/mol. The highest BCUT2D eigenvalue weighted by Gasteiger charge is 2.12. The summed E-state index contributed by atoms with van der Waals surface area (Å²) in [7, 11) is 0. The van der Waals surface area contributed by atoms with Crippen molar-refractivity contribution in [3.63, 3.8) is 0 Å². The molecule has 0 spiro atoms. The van der Waals surface area contributed by atoms with E-state index in [0.29, 0.717) is 30.4 Å². The molecule has 0 saturated heterocycles. The summed E-state index contributed by atoms with van der Waals surface area (Å²) in [4.78, 5) is 28.7. The van der Waals surface area contributed by atoms with Crippen molar-refractivity contribution in [3.8, 4) is 11.4 Å². The van der Waals surface area contributed by atoms with Gasteiger partial charge < -0.3 is 19.6 Å². The predicted octanol–water partition coefficient (Wildman–Crippen LogP) is 4.14. The van der Waals surface area contributed by atoms with Crippen LogP contribution in [-0.2, 0) is 17.8 Å². The molecule has 0 bridgehead atoms. The Labute approximate surface area is 184 Å². The van der Waals surface area contributed by atoms with Crippen molar-refractivity contribution >= 4 is 17.5 Å². The number of hydrogen-bond donors (Lipinski definition) is 2. The summed E-state index contributed by atoms with van der Waals surface area (Å²) in [6.45, 7) is 2.35. The van der Waals surface area contributed by atoms with E-state index < -0.39 is 0 Å². The molecular formula is C24H22N4O4. The molecule has 0 aliphatic rings. The zero-order valence-electron chi connectivity index (χ0n) is 17.5.